The van der Waals surface area contributed by atoms with E-state index in [9.17, 15) is 31.1 Å². The standard InChI is InChI=1S/C30H27ClF6N4O2/c31-26-16-21(9-12-38-26)18-39-27(42)41-19-28(24-17-23(7-8-25(24)41)43-30(35,36)37)10-14-40(15-11-28)13-1-2-20-3-5-22(6-4-20)29(32,33)34/h1-9,12,16-17H,10-11,13-15,18-19H2,(H,39,42)/b2-1+. The number of fused-ring (bicyclic) bond motifs is 2. The maximum absolute atomic E-state index is 13.3. The quantitative estimate of drug-likeness (QED) is 0.229. The fourth-order valence-electron chi connectivity index (χ4n) is 5.56. The zero-order chi connectivity index (χ0) is 30.8. The molecule has 1 aromatic heterocycles. The molecule has 1 fully saturated rings. The Kier molecular flexibility index (Phi) is 8.62. The third-order valence-corrected chi connectivity index (χ3v) is 7.94. The number of nitrogens with zero attached hydrogens (tertiary/aromatic N) is 3. The van der Waals surface area contributed by atoms with E-state index >= 15 is 0 Å². The van der Waals surface area contributed by atoms with Crippen molar-refractivity contribution in [3.05, 3.63) is 94.3 Å². The fourth-order valence-corrected chi connectivity index (χ4v) is 5.76. The molecule has 6 nitrogen and oxygen atoms in total. The lowest BCUT2D eigenvalue weighted by Crippen LogP contribution is -2.47. The number of benzene rings is 2. The van der Waals surface area contributed by atoms with Crippen LogP contribution in [0.25, 0.3) is 6.08 Å². The van der Waals surface area contributed by atoms with E-state index < -0.39 is 29.5 Å². The van der Waals surface area contributed by atoms with Gasteiger partial charge in [0.05, 0.1) is 5.56 Å². The Balaban J connectivity index is 1.28. The summed E-state index contributed by atoms with van der Waals surface area (Å²) in [5.74, 6) is -0.346. The largest absolute Gasteiger partial charge is 0.573 e. The molecule has 0 atom stereocenters. The van der Waals surface area contributed by atoms with Crippen molar-refractivity contribution in [2.75, 3.05) is 31.1 Å². The van der Waals surface area contributed by atoms with Crippen LogP contribution in [0.2, 0.25) is 5.15 Å². The molecule has 228 valence electrons. The summed E-state index contributed by atoms with van der Waals surface area (Å²) < 4.78 is 81.6. The number of nitrogens with one attached hydrogen (secondary N) is 1. The minimum atomic E-state index is -4.86. The monoisotopic (exact) mass is 624 g/mol. The SMILES string of the molecule is O=C(NCc1ccnc(Cl)c1)N1CC2(CCN(C/C=C/c3ccc(C(F)(F)F)cc3)CC2)c2cc(OC(F)(F)F)ccc21. The summed E-state index contributed by atoms with van der Waals surface area (Å²) >= 11 is 5.94. The minimum absolute atomic E-state index is 0.189. The highest BCUT2D eigenvalue weighted by atomic mass is 35.5. The molecule has 0 saturated carbocycles. The van der Waals surface area contributed by atoms with Gasteiger partial charge in [-0.25, -0.2) is 9.78 Å². The molecule has 13 heteroatoms. The van der Waals surface area contributed by atoms with Crippen molar-refractivity contribution in [3.8, 4) is 5.75 Å². The molecular formula is C30H27ClF6N4O2. The maximum atomic E-state index is 13.3. The molecule has 0 unspecified atom stereocenters. The van der Waals surface area contributed by atoms with E-state index in [2.05, 4.69) is 19.9 Å². The summed E-state index contributed by atoms with van der Waals surface area (Å²) in [6.07, 6.45) is -2.96. The molecular weight excluding hydrogens is 598 g/mol. The van der Waals surface area contributed by atoms with Gasteiger partial charge in [0.15, 0.2) is 0 Å². The van der Waals surface area contributed by atoms with Crippen LogP contribution in [0, 0.1) is 0 Å². The Morgan fingerprint density at radius 1 is 1.02 bits per heavy atom. The van der Waals surface area contributed by atoms with Gasteiger partial charge >= 0.3 is 18.6 Å². The summed E-state index contributed by atoms with van der Waals surface area (Å²) in [5, 5.41) is 3.14. The summed E-state index contributed by atoms with van der Waals surface area (Å²) in [6, 6.07) is 11.9. The number of amides is 2. The summed E-state index contributed by atoms with van der Waals surface area (Å²) in [7, 11) is 0. The number of ether oxygens (including phenoxy) is 1. The fraction of sp³-hybridized carbons (Fsp3) is 0.333. The van der Waals surface area contributed by atoms with Crippen molar-refractivity contribution >= 4 is 29.4 Å². The van der Waals surface area contributed by atoms with E-state index in [-0.39, 0.29) is 24.0 Å². The van der Waals surface area contributed by atoms with Gasteiger partial charge in [-0.05, 0) is 85.1 Å². The van der Waals surface area contributed by atoms with E-state index in [1.54, 1.807) is 23.1 Å². The second kappa shape index (κ2) is 12.1. The number of alkyl halides is 6. The maximum Gasteiger partial charge on any atom is 0.573 e. The highest BCUT2D eigenvalue weighted by molar-refractivity contribution is 6.29. The molecule has 2 aliphatic heterocycles. The number of carbonyl (C=O) groups excluding carboxylic acids is 1. The summed E-state index contributed by atoms with van der Waals surface area (Å²) in [5.41, 5.74) is 1.24. The van der Waals surface area contributed by atoms with Crippen LogP contribution >= 0.6 is 11.6 Å². The predicted molar refractivity (Wildman–Crippen MR) is 150 cm³/mol. The molecule has 5 rings (SSSR count). The summed E-state index contributed by atoms with van der Waals surface area (Å²) in [4.78, 5) is 20.9. The van der Waals surface area contributed by atoms with Gasteiger partial charge in [-0.1, -0.05) is 35.9 Å². The molecule has 2 aliphatic rings. The van der Waals surface area contributed by atoms with Crippen LogP contribution in [0.15, 0.2) is 66.9 Å². The Morgan fingerprint density at radius 3 is 2.40 bits per heavy atom. The number of rotatable bonds is 6. The highest BCUT2D eigenvalue weighted by Gasteiger charge is 2.47. The second-order valence-corrected chi connectivity index (χ2v) is 10.9. The van der Waals surface area contributed by atoms with Crippen LogP contribution in [-0.4, -0.2) is 48.5 Å². The van der Waals surface area contributed by atoms with Gasteiger partial charge in [0, 0.05) is 36.9 Å². The van der Waals surface area contributed by atoms with Crippen molar-refractivity contribution in [2.24, 2.45) is 0 Å². The lowest BCUT2D eigenvalue weighted by molar-refractivity contribution is -0.274. The van der Waals surface area contributed by atoms with Crippen molar-refractivity contribution in [2.45, 2.75) is 37.3 Å². The first-order chi connectivity index (χ1) is 20.3. The number of urea groups is 1. The molecule has 3 aromatic rings. The minimum Gasteiger partial charge on any atom is -0.406 e. The smallest absolute Gasteiger partial charge is 0.406 e. The molecule has 1 spiro atoms. The molecule has 0 aliphatic carbocycles. The Morgan fingerprint density at radius 2 is 1.74 bits per heavy atom. The topological polar surface area (TPSA) is 57.7 Å². The van der Waals surface area contributed by atoms with Crippen molar-refractivity contribution in [1.82, 2.24) is 15.2 Å². The van der Waals surface area contributed by atoms with E-state index in [1.807, 2.05) is 6.08 Å². The lowest BCUT2D eigenvalue weighted by Gasteiger charge is -2.39. The first kappa shape index (κ1) is 30.7. The third kappa shape index (κ3) is 7.42. The average molecular weight is 625 g/mol. The van der Waals surface area contributed by atoms with Crippen LogP contribution < -0.4 is 15.0 Å². The predicted octanol–water partition coefficient (Wildman–Crippen LogP) is 7.43. The van der Waals surface area contributed by atoms with E-state index in [0.29, 0.717) is 49.3 Å². The van der Waals surface area contributed by atoms with Gasteiger partial charge in [0.25, 0.3) is 0 Å². The molecule has 0 bridgehead atoms. The molecule has 2 amide bonds. The zero-order valence-electron chi connectivity index (χ0n) is 22.7. The van der Waals surface area contributed by atoms with Crippen molar-refractivity contribution in [3.63, 3.8) is 0 Å². The number of hydrogen-bond acceptors (Lipinski definition) is 4. The van der Waals surface area contributed by atoms with E-state index in [4.69, 9.17) is 11.6 Å². The van der Waals surface area contributed by atoms with Crippen LogP contribution in [-0.2, 0) is 18.1 Å². The van der Waals surface area contributed by atoms with E-state index in [0.717, 1.165) is 17.7 Å². The number of anilines is 1. The molecule has 2 aromatic carbocycles. The van der Waals surface area contributed by atoms with Crippen LogP contribution in [0.5, 0.6) is 5.75 Å². The number of piperidine rings is 1. The lowest BCUT2D eigenvalue weighted by atomic mass is 9.74. The number of carbonyl (C=O) groups is 1. The molecule has 3 heterocycles. The number of aromatic nitrogens is 1. The molecule has 1 saturated heterocycles. The number of hydrogen-bond donors (Lipinski definition) is 1. The van der Waals surface area contributed by atoms with E-state index in [1.165, 1.54) is 36.5 Å². The van der Waals surface area contributed by atoms with Crippen LogP contribution in [0.1, 0.15) is 35.1 Å². The van der Waals surface area contributed by atoms with Crippen LogP contribution in [0.3, 0.4) is 0 Å². The second-order valence-electron chi connectivity index (χ2n) is 10.6. The number of pyridine rings is 1. The van der Waals surface area contributed by atoms with Gasteiger partial charge in [-0.2, -0.15) is 13.2 Å². The third-order valence-electron chi connectivity index (χ3n) is 7.73. The summed E-state index contributed by atoms with van der Waals surface area (Å²) in [6.45, 7) is 2.22. The van der Waals surface area contributed by atoms with Gasteiger partial charge in [0.1, 0.15) is 10.9 Å². The van der Waals surface area contributed by atoms with Gasteiger partial charge in [-0.15, -0.1) is 13.2 Å². The Labute approximate surface area is 248 Å². The normalized spacial score (nSPS) is 17.0. The highest BCUT2D eigenvalue weighted by Crippen LogP contribution is 2.48. The first-order valence-corrected chi connectivity index (χ1v) is 13.8. The zero-order valence-corrected chi connectivity index (χ0v) is 23.4. The Hall–Kier alpha value is -3.77. The van der Waals surface area contributed by atoms with Crippen molar-refractivity contribution in [1.29, 1.82) is 0 Å². The van der Waals surface area contributed by atoms with Gasteiger partial charge < -0.3 is 10.1 Å². The molecule has 0 radical (unpaired) electrons. The average Bonchev–Trinajstić information content (AvgIpc) is 3.25. The Bertz CT molecular complexity index is 1490. The van der Waals surface area contributed by atoms with Crippen LogP contribution in [0.4, 0.5) is 36.8 Å². The van der Waals surface area contributed by atoms with Crippen molar-refractivity contribution < 1.29 is 35.9 Å². The molecule has 1 N–H and O–H groups in total. The number of likely N-dealkylation sites (tertiary alicyclic amines) is 1. The molecule has 43 heavy (non-hydrogen) atoms. The number of halogens is 7. The first-order valence-electron chi connectivity index (χ1n) is 13.4. The van der Waals surface area contributed by atoms with Gasteiger partial charge in [0.2, 0.25) is 0 Å². The van der Waals surface area contributed by atoms with Gasteiger partial charge in [-0.3, -0.25) is 9.80 Å².